The van der Waals surface area contributed by atoms with E-state index in [1.807, 2.05) is 0 Å². The van der Waals surface area contributed by atoms with Gasteiger partial charge < -0.3 is 9.64 Å². The predicted octanol–water partition coefficient (Wildman–Crippen LogP) is 3.80. The van der Waals surface area contributed by atoms with Gasteiger partial charge in [-0.05, 0) is 31.0 Å². The summed E-state index contributed by atoms with van der Waals surface area (Å²) in [5, 5.41) is 0. The van der Waals surface area contributed by atoms with E-state index >= 15 is 0 Å². The van der Waals surface area contributed by atoms with Gasteiger partial charge in [0, 0.05) is 29.7 Å². The van der Waals surface area contributed by atoms with Crippen molar-refractivity contribution in [2.75, 3.05) is 18.6 Å². The number of anilines is 1. The fraction of sp³-hybridized carbons (Fsp3) is 0.538. The van der Waals surface area contributed by atoms with Crippen LogP contribution >= 0.6 is 27.5 Å². The number of halogens is 2. The molecule has 0 saturated carbocycles. The van der Waals surface area contributed by atoms with Crippen LogP contribution in [0.15, 0.2) is 22.7 Å². The molecule has 2 atom stereocenters. The van der Waals surface area contributed by atoms with Gasteiger partial charge in [0.15, 0.2) is 0 Å². The summed E-state index contributed by atoms with van der Waals surface area (Å²) in [6.45, 7) is 2.99. The SMILES string of the molecule is CC1OCCC1N(C)c1ccc(CCl)c(Br)c1. The molecule has 1 saturated heterocycles. The molecule has 94 valence electrons. The zero-order valence-electron chi connectivity index (χ0n) is 10.1. The smallest absolute Gasteiger partial charge is 0.0750 e. The van der Waals surface area contributed by atoms with Crippen molar-refractivity contribution in [3.05, 3.63) is 28.2 Å². The summed E-state index contributed by atoms with van der Waals surface area (Å²) < 4.78 is 6.68. The van der Waals surface area contributed by atoms with E-state index in [4.69, 9.17) is 16.3 Å². The lowest BCUT2D eigenvalue weighted by atomic mass is 10.1. The summed E-state index contributed by atoms with van der Waals surface area (Å²) in [4.78, 5) is 2.29. The van der Waals surface area contributed by atoms with Crippen molar-refractivity contribution in [1.82, 2.24) is 0 Å². The van der Waals surface area contributed by atoms with Crippen molar-refractivity contribution >= 4 is 33.2 Å². The number of hydrogen-bond donors (Lipinski definition) is 0. The van der Waals surface area contributed by atoms with Crippen LogP contribution in [0.2, 0.25) is 0 Å². The van der Waals surface area contributed by atoms with E-state index in [9.17, 15) is 0 Å². The van der Waals surface area contributed by atoms with E-state index < -0.39 is 0 Å². The number of hydrogen-bond acceptors (Lipinski definition) is 2. The number of nitrogens with zero attached hydrogens (tertiary/aromatic N) is 1. The van der Waals surface area contributed by atoms with Crippen molar-refractivity contribution in [1.29, 1.82) is 0 Å². The zero-order valence-corrected chi connectivity index (χ0v) is 12.5. The van der Waals surface area contributed by atoms with E-state index in [2.05, 4.69) is 53.0 Å². The fourth-order valence-electron chi connectivity index (χ4n) is 2.28. The third kappa shape index (κ3) is 2.78. The summed E-state index contributed by atoms with van der Waals surface area (Å²) >= 11 is 9.41. The van der Waals surface area contributed by atoms with Gasteiger partial charge in [0.05, 0.1) is 12.1 Å². The van der Waals surface area contributed by atoms with Crippen LogP contribution in [0.5, 0.6) is 0 Å². The minimum absolute atomic E-state index is 0.298. The molecule has 4 heteroatoms. The maximum atomic E-state index is 5.85. The molecule has 1 aliphatic rings. The first-order valence-corrected chi connectivity index (χ1v) is 7.15. The lowest BCUT2D eigenvalue weighted by Gasteiger charge is -2.29. The molecule has 1 aromatic carbocycles. The highest BCUT2D eigenvalue weighted by molar-refractivity contribution is 9.10. The summed E-state index contributed by atoms with van der Waals surface area (Å²) in [5.41, 5.74) is 2.33. The molecule has 0 aromatic heterocycles. The number of ether oxygens (including phenoxy) is 1. The Kier molecular flexibility index (Phi) is 4.34. The Hall–Kier alpha value is -0.250. The lowest BCUT2D eigenvalue weighted by molar-refractivity contribution is 0.118. The van der Waals surface area contributed by atoms with Gasteiger partial charge in [-0.15, -0.1) is 11.6 Å². The van der Waals surface area contributed by atoms with Gasteiger partial charge in [-0.3, -0.25) is 0 Å². The quantitative estimate of drug-likeness (QED) is 0.786. The molecule has 2 nitrogen and oxygen atoms in total. The first-order valence-electron chi connectivity index (χ1n) is 5.82. The van der Waals surface area contributed by atoms with Crippen LogP contribution in [-0.2, 0) is 10.6 Å². The Labute approximate surface area is 116 Å². The highest BCUT2D eigenvalue weighted by Crippen LogP contribution is 2.28. The predicted molar refractivity (Wildman–Crippen MR) is 75.9 cm³/mol. The second kappa shape index (κ2) is 5.59. The number of rotatable bonds is 3. The molecule has 0 amide bonds. The molecule has 2 unspecified atom stereocenters. The van der Waals surface area contributed by atoms with E-state index in [1.165, 1.54) is 5.69 Å². The van der Waals surface area contributed by atoms with Crippen molar-refractivity contribution in [3.63, 3.8) is 0 Å². The van der Waals surface area contributed by atoms with Crippen LogP contribution in [0.4, 0.5) is 5.69 Å². The Bertz CT molecular complexity index is 399. The molecule has 1 fully saturated rings. The highest BCUT2D eigenvalue weighted by Gasteiger charge is 2.28. The summed E-state index contributed by atoms with van der Waals surface area (Å²) in [6.07, 6.45) is 1.39. The molecule has 0 radical (unpaired) electrons. The second-order valence-corrected chi connectivity index (χ2v) is 5.57. The average Bonchev–Trinajstić information content (AvgIpc) is 2.74. The standard InChI is InChI=1S/C13H17BrClNO/c1-9-13(5-6-17-9)16(2)11-4-3-10(8-15)12(14)7-11/h3-4,7,9,13H,5-6,8H2,1-2H3. The maximum Gasteiger partial charge on any atom is 0.0750 e. The largest absolute Gasteiger partial charge is 0.376 e. The topological polar surface area (TPSA) is 12.5 Å². The molecule has 2 rings (SSSR count). The van der Waals surface area contributed by atoms with E-state index in [0.717, 1.165) is 23.1 Å². The van der Waals surface area contributed by atoms with Gasteiger partial charge >= 0.3 is 0 Å². The normalized spacial score (nSPS) is 24.0. The Morgan fingerprint density at radius 3 is 2.82 bits per heavy atom. The van der Waals surface area contributed by atoms with Gasteiger partial charge in [-0.25, -0.2) is 0 Å². The molecule has 0 aliphatic carbocycles. The molecular weight excluding hydrogens is 302 g/mol. The second-order valence-electron chi connectivity index (χ2n) is 4.45. The van der Waals surface area contributed by atoms with Crippen LogP contribution in [-0.4, -0.2) is 25.8 Å². The number of likely N-dealkylation sites (N-methyl/N-ethyl adjacent to an activating group) is 1. The van der Waals surface area contributed by atoms with E-state index in [0.29, 0.717) is 18.0 Å². The van der Waals surface area contributed by atoms with Crippen LogP contribution < -0.4 is 4.90 Å². The molecule has 0 N–H and O–H groups in total. The Morgan fingerprint density at radius 2 is 2.29 bits per heavy atom. The van der Waals surface area contributed by atoms with Crippen molar-refractivity contribution in [2.45, 2.75) is 31.4 Å². The van der Waals surface area contributed by atoms with Gasteiger partial charge in [-0.2, -0.15) is 0 Å². The zero-order chi connectivity index (χ0) is 12.4. The van der Waals surface area contributed by atoms with Crippen LogP contribution in [0, 0.1) is 0 Å². The molecule has 0 bridgehead atoms. The first-order chi connectivity index (χ1) is 8.13. The lowest BCUT2D eigenvalue weighted by Crippen LogP contribution is -2.36. The molecule has 0 spiro atoms. The molecule has 1 aromatic rings. The van der Waals surface area contributed by atoms with Gasteiger partial charge in [0.2, 0.25) is 0 Å². The maximum absolute atomic E-state index is 5.85. The van der Waals surface area contributed by atoms with Crippen molar-refractivity contribution in [3.8, 4) is 0 Å². The van der Waals surface area contributed by atoms with Crippen LogP contribution in [0.1, 0.15) is 18.9 Å². The van der Waals surface area contributed by atoms with E-state index in [-0.39, 0.29) is 0 Å². The molecule has 1 heterocycles. The number of alkyl halides is 1. The third-order valence-electron chi connectivity index (χ3n) is 3.42. The van der Waals surface area contributed by atoms with E-state index in [1.54, 1.807) is 0 Å². The van der Waals surface area contributed by atoms with Crippen LogP contribution in [0.3, 0.4) is 0 Å². The average molecular weight is 319 g/mol. The Morgan fingerprint density at radius 1 is 1.53 bits per heavy atom. The Balaban J connectivity index is 2.19. The minimum atomic E-state index is 0.298. The molecule has 17 heavy (non-hydrogen) atoms. The monoisotopic (exact) mass is 317 g/mol. The molecule has 1 aliphatic heterocycles. The highest BCUT2D eigenvalue weighted by atomic mass is 79.9. The minimum Gasteiger partial charge on any atom is -0.376 e. The van der Waals surface area contributed by atoms with Crippen LogP contribution in [0.25, 0.3) is 0 Å². The summed E-state index contributed by atoms with van der Waals surface area (Å²) in [6, 6.07) is 6.78. The van der Waals surface area contributed by atoms with Crippen molar-refractivity contribution < 1.29 is 4.74 Å². The third-order valence-corrected chi connectivity index (χ3v) is 4.45. The summed E-state index contributed by atoms with van der Waals surface area (Å²) in [5.74, 6) is 0.535. The van der Waals surface area contributed by atoms with Gasteiger partial charge in [-0.1, -0.05) is 22.0 Å². The van der Waals surface area contributed by atoms with Gasteiger partial charge in [0.1, 0.15) is 0 Å². The fourth-order valence-corrected chi connectivity index (χ4v) is 3.19. The van der Waals surface area contributed by atoms with Crippen molar-refractivity contribution in [2.24, 2.45) is 0 Å². The summed E-state index contributed by atoms with van der Waals surface area (Å²) in [7, 11) is 2.12. The first kappa shape index (κ1) is 13.2. The van der Waals surface area contributed by atoms with Gasteiger partial charge in [0.25, 0.3) is 0 Å². The number of benzene rings is 1. The molecular formula is C13H17BrClNO.